The molecule has 3 N–H and O–H groups in total. The fourth-order valence-corrected chi connectivity index (χ4v) is 4.30. The average Bonchev–Trinajstić information content (AvgIpc) is 2.92. The summed E-state index contributed by atoms with van der Waals surface area (Å²) in [5, 5.41) is 3.11. The normalized spacial score (nSPS) is 18.7. The highest BCUT2D eigenvalue weighted by atomic mass is 16.5. The molecule has 2 heterocycles. The SMILES string of the molecule is CNC1=C(N)C(C(=O)OC(C)C)=CN(C(=O)c2ccc(OCCN3CCOCC3)cc2)CC1(C)C. The third kappa shape index (κ3) is 6.76. The number of rotatable bonds is 8. The molecule has 1 aromatic carbocycles. The monoisotopic (exact) mass is 486 g/mol. The fourth-order valence-electron chi connectivity index (χ4n) is 4.30. The van der Waals surface area contributed by atoms with Crippen LogP contribution in [0.5, 0.6) is 5.75 Å². The molecule has 9 heteroatoms. The summed E-state index contributed by atoms with van der Waals surface area (Å²) in [5.41, 5.74) is 7.48. The number of amides is 1. The van der Waals surface area contributed by atoms with Crippen LogP contribution >= 0.6 is 0 Å². The molecule has 1 saturated heterocycles. The Morgan fingerprint density at radius 2 is 1.83 bits per heavy atom. The second kappa shape index (κ2) is 11.6. The van der Waals surface area contributed by atoms with Crippen LogP contribution in [-0.2, 0) is 14.3 Å². The molecule has 2 aliphatic heterocycles. The number of carbonyl (C=O) groups is 2. The number of morpholine rings is 1. The van der Waals surface area contributed by atoms with Crippen LogP contribution in [0.25, 0.3) is 0 Å². The predicted molar refractivity (Wildman–Crippen MR) is 134 cm³/mol. The topological polar surface area (TPSA) is 106 Å². The van der Waals surface area contributed by atoms with Gasteiger partial charge in [-0.15, -0.1) is 0 Å². The van der Waals surface area contributed by atoms with E-state index in [1.165, 1.54) is 11.1 Å². The van der Waals surface area contributed by atoms with Crippen molar-refractivity contribution in [2.75, 3.05) is 53.0 Å². The number of esters is 1. The van der Waals surface area contributed by atoms with Crippen LogP contribution in [0.2, 0.25) is 0 Å². The summed E-state index contributed by atoms with van der Waals surface area (Å²) in [6.45, 7) is 12.6. The molecule has 0 spiro atoms. The highest BCUT2D eigenvalue weighted by Crippen LogP contribution is 2.33. The molecule has 1 amide bonds. The molecule has 192 valence electrons. The van der Waals surface area contributed by atoms with E-state index in [1.54, 1.807) is 45.2 Å². The van der Waals surface area contributed by atoms with Crippen LogP contribution < -0.4 is 15.8 Å². The zero-order valence-corrected chi connectivity index (χ0v) is 21.4. The lowest BCUT2D eigenvalue weighted by Crippen LogP contribution is -2.38. The van der Waals surface area contributed by atoms with E-state index in [9.17, 15) is 9.59 Å². The minimum Gasteiger partial charge on any atom is -0.492 e. The number of nitrogens with two attached hydrogens (primary N) is 1. The first kappa shape index (κ1) is 26.6. The summed E-state index contributed by atoms with van der Waals surface area (Å²) in [4.78, 5) is 30.1. The molecule has 9 nitrogen and oxygen atoms in total. The van der Waals surface area contributed by atoms with E-state index >= 15 is 0 Å². The first-order valence-electron chi connectivity index (χ1n) is 12.1. The zero-order chi connectivity index (χ0) is 25.6. The lowest BCUT2D eigenvalue weighted by atomic mass is 9.87. The molecule has 0 unspecified atom stereocenters. The average molecular weight is 487 g/mol. The number of hydrogen-bond acceptors (Lipinski definition) is 8. The molecular weight excluding hydrogens is 448 g/mol. The van der Waals surface area contributed by atoms with E-state index in [4.69, 9.17) is 19.9 Å². The largest absolute Gasteiger partial charge is 0.492 e. The van der Waals surface area contributed by atoms with Gasteiger partial charge < -0.3 is 30.2 Å². The molecule has 0 bridgehead atoms. The second-order valence-corrected chi connectivity index (χ2v) is 9.68. The quantitative estimate of drug-likeness (QED) is 0.538. The van der Waals surface area contributed by atoms with Crippen molar-refractivity contribution in [1.82, 2.24) is 15.1 Å². The molecule has 2 aliphatic rings. The van der Waals surface area contributed by atoms with Crippen molar-refractivity contribution in [1.29, 1.82) is 0 Å². The first-order chi connectivity index (χ1) is 16.6. The van der Waals surface area contributed by atoms with Crippen LogP contribution in [-0.4, -0.2) is 80.8 Å². The molecule has 0 atom stereocenters. The third-order valence-corrected chi connectivity index (χ3v) is 6.04. The van der Waals surface area contributed by atoms with Crippen molar-refractivity contribution in [3.8, 4) is 5.75 Å². The zero-order valence-electron chi connectivity index (χ0n) is 21.4. The van der Waals surface area contributed by atoms with Crippen LogP contribution in [0.4, 0.5) is 0 Å². The van der Waals surface area contributed by atoms with E-state index < -0.39 is 11.4 Å². The van der Waals surface area contributed by atoms with Gasteiger partial charge in [0.2, 0.25) is 0 Å². The molecule has 0 saturated carbocycles. The third-order valence-electron chi connectivity index (χ3n) is 6.04. The standard InChI is InChI=1S/C26H38N4O5/c1-18(2)35-25(32)21-16-30(17-26(3,4)23(28-5)22(21)27)24(31)19-6-8-20(9-7-19)34-15-12-29-10-13-33-14-11-29/h6-9,16,18,28H,10-15,17,27H2,1-5H3. The van der Waals surface area contributed by atoms with Gasteiger partial charge in [0.05, 0.1) is 25.0 Å². The van der Waals surface area contributed by atoms with Gasteiger partial charge in [-0.1, -0.05) is 13.8 Å². The maximum Gasteiger partial charge on any atom is 0.342 e. The second-order valence-electron chi connectivity index (χ2n) is 9.68. The fraction of sp³-hybridized carbons (Fsp3) is 0.538. The summed E-state index contributed by atoms with van der Waals surface area (Å²) in [5.74, 6) is -0.103. The van der Waals surface area contributed by atoms with Gasteiger partial charge in [0.1, 0.15) is 17.9 Å². The van der Waals surface area contributed by atoms with Crippen LogP contribution in [0.3, 0.4) is 0 Å². The summed E-state index contributed by atoms with van der Waals surface area (Å²) >= 11 is 0. The van der Waals surface area contributed by atoms with Crippen molar-refractivity contribution >= 4 is 11.9 Å². The summed E-state index contributed by atoms with van der Waals surface area (Å²) < 4.78 is 16.6. The van der Waals surface area contributed by atoms with Gasteiger partial charge in [0.15, 0.2) is 0 Å². The minimum absolute atomic E-state index is 0.157. The van der Waals surface area contributed by atoms with Crippen molar-refractivity contribution < 1.29 is 23.8 Å². The molecule has 3 rings (SSSR count). The van der Waals surface area contributed by atoms with E-state index in [2.05, 4.69) is 10.2 Å². The lowest BCUT2D eigenvalue weighted by molar-refractivity contribution is -0.142. The van der Waals surface area contributed by atoms with E-state index in [0.717, 1.165) is 32.8 Å². The van der Waals surface area contributed by atoms with Gasteiger partial charge in [0.25, 0.3) is 5.91 Å². The Hall–Kier alpha value is -3.04. The predicted octanol–water partition coefficient (Wildman–Crippen LogP) is 2.10. The van der Waals surface area contributed by atoms with Crippen LogP contribution in [0, 0.1) is 5.41 Å². The van der Waals surface area contributed by atoms with E-state index in [1.807, 2.05) is 13.8 Å². The Morgan fingerprint density at radius 1 is 1.17 bits per heavy atom. The molecule has 0 aromatic heterocycles. The first-order valence-corrected chi connectivity index (χ1v) is 12.1. The smallest absolute Gasteiger partial charge is 0.342 e. The summed E-state index contributed by atoms with van der Waals surface area (Å²) in [6.07, 6.45) is 1.19. The van der Waals surface area contributed by atoms with Gasteiger partial charge in [-0.25, -0.2) is 4.79 Å². The van der Waals surface area contributed by atoms with Gasteiger partial charge in [-0.2, -0.15) is 0 Å². The van der Waals surface area contributed by atoms with Crippen molar-refractivity contribution in [2.45, 2.75) is 33.8 Å². The summed E-state index contributed by atoms with van der Waals surface area (Å²) in [7, 11) is 1.75. The van der Waals surface area contributed by atoms with Crippen LogP contribution in [0.15, 0.2) is 47.4 Å². The highest BCUT2D eigenvalue weighted by molar-refractivity contribution is 5.98. The molecular formula is C26H38N4O5. The minimum atomic E-state index is -0.565. The van der Waals surface area contributed by atoms with Crippen molar-refractivity contribution in [3.63, 3.8) is 0 Å². The molecule has 1 fully saturated rings. The number of nitrogens with one attached hydrogen (secondary N) is 1. The van der Waals surface area contributed by atoms with Crippen molar-refractivity contribution in [3.05, 3.63) is 53.0 Å². The molecule has 0 radical (unpaired) electrons. The van der Waals surface area contributed by atoms with E-state index in [0.29, 0.717) is 30.2 Å². The van der Waals surface area contributed by atoms with E-state index in [-0.39, 0.29) is 23.3 Å². The molecule has 0 aliphatic carbocycles. The van der Waals surface area contributed by atoms with Crippen LogP contribution in [0.1, 0.15) is 38.1 Å². The maximum absolute atomic E-state index is 13.5. The number of nitrogens with zero attached hydrogens (tertiary/aromatic N) is 2. The number of ether oxygens (including phenoxy) is 3. The number of benzene rings is 1. The molecule has 1 aromatic rings. The number of carbonyl (C=O) groups excluding carboxylic acids is 2. The Balaban J connectivity index is 1.75. The summed E-state index contributed by atoms with van der Waals surface area (Å²) in [6, 6.07) is 7.05. The molecule has 35 heavy (non-hydrogen) atoms. The van der Waals surface area contributed by atoms with Gasteiger partial charge in [-0.05, 0) is 38.1 Å². The van der Waals surface area contributed by atoms with Gasteiger partial charge in [-0.3, -0.25) is 9.69 Å². The Morgan fingerprint density at radius 3 is 2.43 bits per heavy atom. The maximum atomic E-state index is 13.5. The van der Waals surface area contributed by atoms with Gasteiger partial charge >= 0.3 is 5.97 Å². The van der Waals surface area contributed by atoms with Gasteiger partial charge in [0, 0.05) is 56.1 Å². The van der Waals surface area contributed by atoms with Crippen molar-refractivity contribution in [2.24, 2.45) is 11.1 Å². The Labute approximate surface area is 207 Å². The highest BCUT2D eigenvalue weighted by Gasteiger charge is 2.35. The Bertz CT molecular complexity index is 962. The lowest BCUT2D eigenvalue weighted by Gasteiger charge is -2.31. The Kier molecular flexibility index (Phi) is 8.80. The number of hydrogen-bond donors (Lipinski definition) is 2.